The van der Waals surface area contributed by atoms with Crippen LogP contribution in [-0.2, 0) is 9.59 Å². The first-order valence-corrected chi connectivity index (χ1v) is 11.9. The summed E-state index contributed by atoms with van der Waals surface area (Å²) in [5, 5.41) is 0. The van der Waals surface area contributed by atoms with Gasteiger partial charge in [-0.25, -0.2) is 0 Å². The normalized spacial score (nSPS) is 15.9. The number of fused-ring (bicyclic) bond motifs is 2. The zero-order valence-electron chi connectivity index (χ0n) is 16.6. The fraction of sp³-hybridized carbons (Fsp3) is 0.0909. The van der Waals surface area contributed by atoms with E-state index in [1.54, 1.807) is 24.0 Å². The third kappa shape index (κ3) is 3.22. The number of likely N-dealkylation sites (N-methyl/N-ethyl adjacent to an activating group) is 2. The number of carbonyl (C=O) groups excluding carboxylic acids is 3. The van der Waals surface area contributed by atoms with E-state index in [9.17, 15) is 14.4 Å². The molecule has 7 nitrogen and oxygen atoms in total. The first-order valence-electron chi connectivity index (χ1n) is 9.39. The van der Waals surface area contributed by atoms with Crippen molar-refractivity contribution in [2.75, 3.05) is 19.0 Å². The molecule has 2 aromatic heterocycles. The Labute approximate surface area is 188 Å². The van der Waals surface area contributed by atoms with E-state index in [0.29, 0.717) is 0 Å². The second-order valence-electron chi connectivity index (χ2n) is 6.98. The molecule has 2 aliphatic heterocycles. The van der Waals surface area contributed by atoms with Crippen molar-refractivity contribution in [3.63, 3.8) is 0 Å². The monoisotopic (exact) mass is 496 g/mol. The Hall–Kier alpha value is -3.13. The fourth-order valence-electron chi connectivity index (χ4n) is 3.47. The summed E-state index contributed by atoms with van der Waals surface area (Å²) in [7, 11) is 2.76. The summed E-state index contributed by atoms with van der Waals surface area (Å²) in [5.74, 6) is -0.286. The van der Waals surface area contributed by atoms with Gasteiger partial charge in [0.05, 0.1) is 0 Å². The number of aromatic nitrogens is 1. The molecule has 4 heterocycles. The Balaban J connectivity index is 1.57. The Morgan fingerprint density at radius 3 is 2.39 bits per heavy atom. The molecule has 154 valence electrons. The standard InChI is InChI=1S/C22H16N4O3SSe/c1-24-20(27)14(21(28)25(2)22(24)29)12-13-9-10-18(31-13)26-15-6-3-4-7-16(15)30-17-8-5-11-23-19(17)26/h3-12H,1-2H3. The van der Waals surface area contributed by atoms with E-state index in [0.717, 1.165) is 40.1 Å². The number of carbonyl (C=O) groups is 3. The summed E-state index contributed by atoms with van der Waals surface area (Å²) in [6.45, 7) is 0. The molecule has 1 aromatic carbocycles. The first-order chi connectivity index (χ1) is 15.0. The second-order valence-corrected chi connectivity index (χ2v) is 10.4. The molecule has 0 spiro atoms. The van der Waals surface area contributed by atoms with E-state index in [2.05, 4.69) is 28.1 Å². The van der Waals surface area contributed by atoms with Crippen LogP contribution >= 0.6 is 11.8 Å². The summed E-state index contributed by atoms with van der Waals surface area (Å²) in [4.78, 5) is 47.9. The number of hydrogen-bond donors (Lipinski definition) is 0. The maximum atomic E-state index is 12.5. The SMILES string of the molecule is CN1C(=O)C(=Cc2ccc(N3c4ccccc4Sc4cccnc43)[se]2)C(=O)N(C)C1=O. The molecule has 1 fully saturated rings. The molecule has 3 aromatic rings. The van der Waals surface area contributed by atoms with Crippen molar-refractivity contribution in [3.8, 4) is 0 Å². The van der Waals surface area contributed by atoms with Crippen molar-refractivity contribution in [3.05, 3.63) is 64.7 Å². The van der Waals surface area contributed by atoms with Crippen molar-refractivity contribution in [1.82, 2.24) is 14.8 Å². The molecule has 1 saturated heterocycles. The zero-order valence-corrected chi connectivity index (χ0v) is 19.1. The first kappa shape index (κ1) is 19.8. The summed E-state index contributed by atoms with van der Waals surface area (Å²) in [6, 6.07) is 15.5. The van der Waals surface area contributed by atoms with Gasteiger partial charge in [-0.2, -0.15) is 0 Å². The van der Waals surface area contributed by atoms with Crippen LogP contribution in [0.5, 0.6) is 0 Å². The molecule has 4 amide bonds. The van der Waals surface area contributed by atoms with Gasteiger partial charge in [0.1, 0.15) is 0 Å². The molecule has 0 bridgehead atoms. The third-order valence-electron chi connectivity index (χ3n) is 5.05. The van der Waals surface area contributed by atoms with Gasteiger partial charge in [-0.05, 0) is 0 Å². The van der Waals surface area contributed by atoms with E-state index in [1.165, 1.54) is 14.1 Å². The summed E-state index contributed by atoms with van der Waals surface area (Å²) < 4.78 is 1.93. The molecule has 0 unspecified atom stereocenters. The summed E-state index contributed by atoms with van der Waals surface area (Å²) in [6.07, 6.45) is 3.39. The summed E-state index contributed by atoms with van der Waals surface area (Å²) in [5.41, 5.74) is 1.06. The van der Waals surface area contributed by atoms with Crippen LogP contribution in [0.4, 0.5) is 20.9 Å². The van der Waals surface area contributed by atoms with Crippen molar-refractivity contribution in [1.29, 1.82) is 0 Å². The molecule has 5 rings (SSSR count). The molecule has 9 heteroatoms. The number of pyridine rings is 1. The van der Waals surface area contributed by atoms with Crippen LogP contribution in [0.25, 0.3) is 6.08 Å². The summed E-state index contributed by atoms with van der Waals surface area (Å²) >= 11 is 1.53. The minimum atomic E-state index is -0.623. The topological polar surface area (TPSA) is 73.8 Å². The molecule has 0 N–H and O–H groups in total. The van der Waals surface area contributed by atoms with Gasteiger partial charge in [0.15, 0.2) is 0 Å². The van der Waals surface area contributed by atoms with Crippen LogP contribution in [0.1, 0.15) is 4.44 Å². The predicted molar refractivity (Wildman–Crippen MR) is 119 cm³/mol. The molecule has 2 aliphatic rings. The number of amides is 4. The average Bonchev–Trinajstić information content (AvgIpc) is 3.25. The Morgan fingerprint density at radius 2 is 1.61 bits per heavy atom. The number of imide groups is 2. The molecular formula is C22H16N4O3SSe. The third-order valence-corrected chi connectivity index (χ3v) is 8.29. The van der Waals surface area contributed by atoms with E-state index >= 15 is 0 Å². The van der Waals surface area contributed by atoms with Gasteiger partial charge in [-0.15, -0.1) is 0 Å². The number of nitrogens with zero attached hydrogens (tertiary/aromatic N) is 4. The van der Waals surface area contributed by atoms with E-state index < -0.39 is 17.8 Å². The van der Waals surface area contributed by atoms with Crippen LogP contribution < -0.4 is 4.90 Å². The van der Waals surface area contributed by atoms with E-state index in [-0.39, 0.29) is 20.1 Å². The Bertz CT molecular complexity index is 1210. The van der Waals surface area contributed by atoms with Crippen LogP contribution in [0.2, 0.25) is 0 Å². The Kier molecular flexibility index (Phi) is 4.81. The van der Waals surface area contributed by atoms with Gasteiger partial charge in [-0.1, -0.05) is 0 Å². The van der Waals surface area contributed by atoms with Crippen molar-refractivity contribution in [2.45, 2.75) is 9.79 Å². The number of para-hydroxylation sites is 1. The molecular weight excluding hydrogens is 479 g/mol. The van der Waals surface area contributed by atoms with Gasteiger partial charge in [0, 0.05) is 0 Å². The average molecular weight is 495 g/mol. The number of anilines is 3. The van der Waals surface area contributed by atoms with Gasteiger partial charge >= 0.3 is 189 Å². The second kappa shape index (κ2) is 7.53. The molecule has 0 radical (unpaired) electrons. The van der Waals surface area contributed by atoms with Crippen molar-refractivity contribution < 1.29 is 14.4 Å². The van der Waals surface area contributed by atoms with E-state index in [1.807, 2.05) is 30.3 Å². The van der Waals surface area contributed by atoms with Crippen LogP contribution in [0.15, 0.2) is 70.1 Å². The quantitative estimate of drug-likeness (QED) is 0.241. The van der Waals surface area contributed by atoms with Gasteiger partial charge in [0.25, 0.3) is 0 Å². The van der Waals surface area contributed by atoms with Gasteiger partial charge in [0.2, 0.25) is 0 Å². The number of hydrogen-bond acceptors (Lipinski definition) is 6. The number of rotatable bonds is 2. The number of barbiturate groups is 1. The van der Waals surface area contributed by atoms with Crippen LogP contribution in [0, 0.1) is 0 Å². The maximum absolute atomic E-state index is 12.5. The Morgan fingerprint density at radius 1 is 0.903 bits per heavy atom. The number of benzene rings is 1. The molecule has 0 atom stereocenters. The fourth-order valence-corrected chi connectivity index (χ4v) is 6.53. The minimum absolute atomic E-state index is 0.000463. The molecule has 0 aliphatic carbocycles. The molecule has 31 heavy (non-hydrogen) atoms. The molecule has 0 saturated carbocycles. The van der Waals surface area contributed by atoms with Gasteiger partial charge in [-0.3, -0.25) is 0 Å². The zero-order chi connectivity index (χ0) is 21.7. The number of urea groups is 1. The van der Waals surface area contributed by atoms with Crippen molar-refractivity contribution in [2.24, 2.45) is 0 Å². The van der Waals surface area contributed by atoms with Gasteiger partial charge < -0.3 is 0 Å². The predicted octanol–water partition coefficient (Wildman–Crippen LogP) is 3.51. The van der Waals surface area contributed by atoms with Crippen LogP contribution in [-0.4, -0.2) is 61.2 Å². The van der Waals surface area contributed by atoms with E-state index in [4.69, 9.17) is 0 Å². The van der Waals surface area contributed by atoms with Crippen LogP contribution in [0.3, 0.4) is 0 Å². The van der Waals surface area contributed by atoms with Crippen molar-refractivity contribution >= 4 is 66.3 Å².